The first-order chi connectivity index (χ1) is 12.5. The van der Waals surface area contributed by atoms with Crippen molar-refractivity contribution in [3.8, 4) is 5.75 Å². The summed E-state index contributed by atoms with van der Waals surface area (Å²) >= 11 is 0. The topological polar surface area (TPSA) is 129 Å². The molecule has 0 radical (unpaired) electrons. The molecule has 1 unspecified atom stereocenters. The predicted molar refractivity (Wildman–Crippen MR) is 107 cm³/mol. The van der Waals surface area contributed by atoms with Crippen LogP contribution < -0.4 is 15.8 Å². The molecule has 7 nitrogen and oxygen atoms in total. The number of carboxylic acid groups (broad SMARTS) is 1. The monoisotopic (exact) mass is 393 g/mol. The lowest BCUT2D eigenvalue weighted by molar-refractivity contribution is -0.138. The second-order valence-corrected chi connectivity index (χ2v) is 5.70. The molecule has 1 atom stereocenters. The summed E-state index contributed by atoms with van der Waals surface area (Å²) < 4.78 is 5.51. The van der Waals surface area contributed by atoms with E-state index in [0.29, 0.717) is 22.6 Å². The number of aliphatic hydroxyl groups is 1. The first kappa shape index (κ1) is 22.3. The minimum absolute atomic E-state index is 0. The molecule has 0 aromatic heterocycles. The highest BCUT2D eigenvalue weighted by molar-refractivity contribution is 5.95. The molecule has 8 heteroatoms. The van der Waals surface area contributed by atoms with Crippen LogP contribution in [0.3, 0.4) is 0 Å². The van der Waals surface area contributed by atoms with Gasteiger partial charge in [-0.15, -0.1) is 12.4 Å². The van der Waals surface area contributed by atoms with E-state index >= 15 is 0 Å². The highest BCUT2D eigenvalue weighted by atomic mass is 35.5. The Hall–Kier alpha value is -2.77. The quantitative estimate of drug-likeness (QED) is 0.329. The zero-order chi connectivity index (χ0) is 19.1. The number of nitrogens with one attached hydrogen (secondary N) is 2. The molecular weight excluding hydrogens is 370 g/mol. The highest BCUT2D eigenvalue weighted by Gasteiger charge is 2.24. The summed E-state index contributed by atoms with van der Waals surface area (Å²) in [6.07, 6.45) is 0.757. The van der Waals surface area contributed by atoms with Gasteiger partial charge in [0.25, 0.3) is 0 Å². The maximum atomic E-state index is 11.9. The van der Waals surface area contributed by atoms with Gasteiger partial charge in [0, 0.05) is 16.8 Å². The van der Waals surface area contributed by atoms with Gasteiger partial charge in [0.2, 0.25) is 0 Å². The fourth-order valence-electron chi connectivity index (χ4n) is 2.52. The molecule has 2 aromatic carbocycles. The van der Waals surface area contributed by atoms with Crippen molar-refractivity contribution in [2.24, 2.45) is 5.73 Å². The molecule has 0 fully saturated rings. The molecule has 0 aliphatic heterocycles. The number of halogens is 1. The van der Waals surface area contributed by atoms with Gasteiger partial charge in [0.05, 0.1) is 6.61 Å². The number of nitrogen functional groups attached to an aromatic ring is 1. The molecule has 27 heavy (non-hydrogen) atoms. The zero-order valence-corrected chi connectivity index (χ0v) is 15.8. The van der Waals surface area contributed by atoms with E-state index in [1.165, 1.54) is 0 Å². The largest absolute Gasteiger partial charge is 0.491 e. The molecule has 2 aromatic rings. The van der Waals surface area contributed by atoms with Gasteiger partial charge in [-0.05, 0) is 48.4 Å². The fraction of sp³-hybridized carbons (Fsp3) is 0.263. The van der Waals surface area contributed by atoms with Crippen LogP contribution in [0.2, 0.25) is 0 Å². The average molecular weight is 394 g/mol. The molecule has 6 N–H and O–H groups in total. The molecule has 0 aliphatic carbocycles. The third-order valence-corrected chi connectivity index (χ3v) is 3.90. The van der Waals surface area contributed by atoms with Crippen LogP contribution in [-0.2, 0) is 11.2 Å². The van der Waals surface area contributed by atoms with Crippen LogP contribution in [0.4, 0.5) is 5.69 Å². The molecule has 0 saturated carbocycles. The minimum Gasteiger partial charge on any atom is -0.491 e. The third-order valence-electron chi connectivity index (χ3n) is 3.90. The van der Waals surface area contributed by atoms with Gasteiger partial charge in [-0.2, -0.15) is 0 Å². The molecule has 0 aliphatic rings. The van der Waals surface area contributed by atoms with E-state index in [2.05, 4.69) is 5.32 Å². The molecule has 146 valence electrons. The van der Waals surface area contributed by atoms with E-state index in [1.807, 2.05) is 13.0 Å². The number of benzene rings is 2. The van der Waals surface area contributed by atoms with Crippen LogP contribution in [0.1, 0.15) is 29.7 Å². The van der Waals surface area contributed by atoms with E-state index in [1.54, 1.807) is 36.4 Å². The van der Waals surface area contributed by atoms with Gasteiger partial charge in [-0.3, -0.25) is 5.41 Å². The summed E-state index contributed by atoms with van der Waals surface area (Å²) in [5.74, 6) is -0.694. The Kier molecular flexibility index (Phi) is 8.58. The summed E-state index contributed by atoms with van der Waals surface area (Å²) in [5.41, 5.74) is 8.04. The van der Waals surface area contributed by atoms with Crippen LogP contribution in [0.5, 0.6) is 5.75 Å². The number of aliphatic carboxylic acids is 1. The first-order valence-electron chi connectivity index (χ1n) is 8.26. The Balaban J connectivity index is 0.00000364. The molecule has 0 heterocycles. The van der Waals surface area contributed by atoms with E-state index in [-0.39, 0.29) is 31.5 Å². The summed E-state index contributed by atoms with van der Waals surface area (Å²) in [4.78, 5) is 11.9. The fourth-order valence-corrected chi connectivity index (χ4v) is 2.52. The van der Waals surface area contributed by atoms with Crippen molar-refractivity contribution in [2.45, 2.75) is 19.4 Å². The number of hydrogen-bond acceptors (Lipinski definition) is 5. The number of aliphatic hydroxyl groups excluding tert-OH is 1. The van der Waals surface area contributed by atoms with Crippen LogP contribution >= 0.6 is 12.4 Å². The number of nitrogens with two attached hydrogens (primary N) is 1. The first-order valence-corrected chi connectivity index (χ1v) is 8.26. The van der Waals surface area contributed by atoms with E-state index < -0.39 is 12.0 Å². The van der Waals surface area contributed by atoms with Crippen molar-refractivity contribution in [1.29, 1.82) is 5.41 Å². The SMILES string of the molecule is CCc1ccc(OCCO)c(C(Nc2ccc(C(=N)N)cc2)C(=O)O)c1.Cl. The molecule has 2 rings (SSSR count). The van der Waals surface area contributed by atoms with E-state index in [4.69, 9.17) is 21.0 Å². The maximum absolute atomic E-state index is 11.9. The second-order valence-electron chi connectivity index (χ2n) is 5.70. The standard InChI is InChI=1S/C19H23N3O4.ClH/c1-2-12-3-8-16(26-10-9-23)15(11-12)17(19(24)25)22-14-6-4-13(5-7-14)18(20)21;/h3-8,11,17,22-23H,2,9-10H2,1H3,(H3,20,21)(H,24,25);1H. The van der Waals surface area contributed by atoms with Crippen molar-refractivity contribution < 1.29 is 19.7 Å². The lowest BCUT2D eigenvalue weighted by Gasteiger charge is -2.20. The summed E-state index contributed by atoms with van der Waals surface area (Å²) in [6.45, 7) is 1.90. The number of aryl methyl sites for hydroxylation is 1. The number of ether oxygens (including phenoxy) is 1. The Morgan fingerprint density at radius 2 is 1.93 bits per heavy atom. The smallest absolute Gasteiger partial charge is 0.330 e. The Bertz CT molecular complexity index is 781. The molecular formula is C19H24ClN3O4. The Morgan fingerprint density at radius 1 is 1.26 bits per heavy atom. The molecule has 0 bridgehead atoms. The lowest BCUT2D eigenvalue weighted by atomic mass is 10.0. The molecule has 0 spiro atoms. The number of amidine groups is 1. The van der Waals surface area contributed by atoms with Gasteiger partial charge in [-0.1, -0.05) is 13.0 Å². The van der Waals surface area contributed by atoms with Crippen molar-refractivity contribution in [2.75, 3.05) is 18.5 Å². The summed E-state index contributed by atoms with van der Waals surface area (Å²) in [6, 6.07) is 11.0. The number of rotatable bonds is 9. The number of carboxylic acids is 1. The maximum Gasteiger partial charge on any atom is 0.330 e. The van der Waals surface area contributed by atoms with Crippen molar-refractivity contribution in [3.63, 3.8) is 0 Å². The lowest BCUT2D eigenvalue weighted by Crippen LogP contribution is -2.22. The van der Waals surface area contributed by atoms with Crippen molar-refractivity contribution >= 4 is 29.9 Å². The van der Waals surface area contributed by atoms with Crippen molar-refractivity contribution in [3.05, 3.63) is 59.2 Å². The summed E-state index contributed by atoms with van der Waals surface area (Å²) in [5, 5.41) is 29.1. The van der Waals surface area contributed by atoms with E-state index in [9.17, 15) is 9.90 Å². The van der Waals surface area contributed by atoms with Gasteiger partial charge >= 0.3 is 5.97 Å². The molecule has 0 saturated heterocycles. The molecule has 0 amide bonds. The van der Waals surface area contributed by atoms with Gasteiger partial charge in [0.15, 0.2) is 6.04 Å². The average Bonchev–Trinajstić information content (AvgIpc) is 2.64. The van der Waals surface area contributed by atoms with Crippen LogP contribution in [0, 0.1) is 5.41 Å². The Morgan fingerprint density at radius 3 is 2.44 bits per heavy atom. The Labute approximate surface area is 164 Å². The normalized spacial score (nSPS) is 11.2. The van der Waals surface area contributed by atoms with Crippen LogP contribution in [0.25, 0.3) is 0 Å². The van der Waals surface area contributed by atoms with Gasteiger partial charge in [-0.25, -0.2) is 4.79 Å². The van der Waals surface area contributed by atoms with Gasteiger partial charge < -0.3 is 26.0 Å². The summed E-state index contributed by atoms with van der Waals surface area (Å²) in [7, 11) is 0. The zero-order valence-electron chi connectivity index (χ0n) is 14.9. The van der Waals surface area contributed by atoms with Crippen LogP contribution in [-0.4, -0.2) is 35.2 Å². The van der Waals surface area contributed by atoms with Crippen molar-refractivity contribution in [1.82, 2.24) is 0 Å². The third kappa shape index (κ3) is 5.87. The minimum atomic E-state index is -1.05. The van der Waals surface area contributed by atoms with Crippen LogP contribution in [0.15, 0.2) is 42.5 Å². The van der Waals surface area contributed by atoms with Gasteiger partial charge in [0.1, 0.15) is 18.2 Å². The van der Waals surface area contributed by atoms with E-state index in [0.717, 1.165) is 12.0 Å². The highest BCUT2D eigenvalue weighted by Crippen LogP contribution is 2.30. The predicted octanol–water partition coefficient (Wildman–Crippen LogP) is 2.56. The number of anilines is 1. The second kappa shape index (κ2) is 10.4. The number of carbonyl (C=O) groups is 1. The number of hydrogen-bond donors (Lipinski definition) is 5.